The Morgan fingerprint density at radius 2 is 1.86 bits per heavy atom. The molecule has 29 heavy (non-hydrogen) atoms. The molecule has 2 aliphatic rings. The van der Waals surface area contributed by atoms with Crippen LogP contribution >= 0.6 is 0 Å². The van der Waals surface area contributed by atoms with Gasteiger partial charge in [-0.3, -0.25) is 0 Å². The molecule has 1 saturated carbocycles. The zero-order valence-electron chi connectivity index (χ0n) is 18.1. The minimum absolute atomic E-state index is 0.134. The van der Waals surface area contributed by atoms with Crippen LogP contribution in [0.1, 0.15) is 76.5 Å². The van der Waals surface area contributed by atoms with Crippen molar-refractivity contribution in [2.24, 2.45) is 5.41 Å². The van der Waals surface area contributed by atoms with Gasteiger partial charge in [-0.1, -0.05) is 32.9 Å². The van der Waals surface area contributed by atoms with Gasteiger partial charge in [0.25, 0.3) is 0 Å². The van der Waals surface area contributed by atoms with E-state index in [4.69, 9.17) is 4.74 Å². The molecule has 0 bridgehead atoms. The van der Waals surface area contributed by atoms with Gasteiger partial charge in [-0.05, 0) is 61.1 Å². The Bertz CT molecular complexity index is 977. The van der Waals surface area contributed by atoms with E-state index in [2.05, 4.69) is 54.5 Å². The summed E-state index contributed by atoms with van der Waals surface area (Å²) in [4.78, 5) is 0. The predicted octanol–water partition coefficient (Wildman–Crippen LogP) is 4.72. The first-order valence-corrected chi connectivity index (χ1v) is 12.4. The van der Waals surface area contributed by atoms with Crippen molar-refractivity contribution in [3.63, 3.8) is 0 Å². The number of nitrogens with one attached hydrogen (secondary N) is 1. The summed E-state index contributed by atoms with van der Waals surface area (Å²) in [6.45, 7) is 11.2. The number of hydrogen-bond donors (Lipinski definition) is 1. The summed E-state index contributed by atoms with van der Waals surface area (Å²) < 4.78 is 35.7. The maximum Gasteiger partial charge on any atom is 0.215 e. The number of aromatic nitrogens is 1. The highest BCUT2D eigenvalue weighted by Gasteiger charge is 2.37. The molecule has 0 amide bonds. The SMILES string of the molecule is C[C@@H](NS(=O)(=O)C1CC1)c1cn(CC(C)(C)C)c2cc(C3CCOCC3)ccc12. The van der Waals surface area contributed by atoms with Crippen LogP contribution in [-0.4, -0.2) is 31.4 Å². The Kier molecular flexibility index (Phi) is 5.55. The van der Waals surface area contributed by atoms with Gasteiger partial charge in [0.05, 0.1) is 5.25 Å². The van der Waals surface area contributed by atoms with Crippen LogP contribution in [0.15, 0.2) is 24.4 Å². The Labute approximate surface area is 174 Å². The van der Waals surface area contributed by atoms with Gasteiger partial charge in [-0.15, -0.1) is 0 Å². The van der Waals surface area contributed by atoms with Crippen LogP contribution in [0.3, 0.4) is 0 Å². The molecular formula is C23H34N2O3S. The first-order valence-electron chi connectivity index (χ1n) is 10.9. The summed E-state index contributed by atoms with van der Waals surface area (Å²) in [7, 11) is -3.23. The molecule has 0 radical (unpaired) electrons. The summed E-state index contributed by atoms with van der Waals surface area (Å²) in [5.74, 6) is 0.542. The van der Waals surface area contributed by atoms with Gasteiger partial charge in [0.1, 0.15) is 0 Å². The van der Waals surface area contributed by atoms with Crippen molar-refractivity contribution in [1.29, 1.82) is 0 Å². The van der Waals surface area contributed by atoms with Crippen molar-refractivity contribution in [3.05, 3.63) is 35.5 Å². The third-order valence-electron chi connectivity index (χ3n) is 6.05. The molecule has 1 aliphatic heterocycles. The average molecular weight is 419 g/mol. The van der Waals surface area contributed by atoms with Crippen LogP contribution in [0, 0.1) is 5.41 Å². The molecule has 1 atom stereocenters. The lowest BCUT2D eigenvalue weighted by Crippen LogP contribution is -2.29. The van der Waals surface area contributed by atoms with Crippen molar-refractivity contribution < 1.29 is 13.2 Å². The van der Waals surface area contributed by atoms with E-state index in [0.717, 1.165) is 56.4 Å². The van der Waals surface area contributed by atoms with E-state index in [9.17, 15) is 8.42 Å². The van der Waals surface area contributed by atoms with Gasteiger partial charge in [0.15, 0.2) is 0 Å². The molecule has 1 aromatic heterocycles. The highest BCUT2D eigenvalue weighted by Crippen LogP contribution is 2.35. The van der Waals surface area contributed by atoms with Crippen LogP contribution < -0.4 is 4.72 Å². The molecule has 4 rings (SSSR count). The van der Waals surface area contributed by atoms with E-state index in [-0.39, 0.29) is 16.7 Å². The maximum atomic E-state index is 12.5. The second kappa shape index (κ2) is 7.71. The van der Waals surface area contributed by atoms with Gasteiger partial charge in [-0.2, -0.15) is 0 Å². The molecule has 2 heterocycles. The van der Waals surface area contributed by atoms with Gasteiger partial charge in [0.2, 0.25) is 10.0 Å². The van der Waals surface area contributed by atoms with Crippen LogP contribution in [0.25, 0.3) is 10.9 Å². The normalized spacial score (nSPS) is 20.3. The first-order chi connectivity index (χ1) is 13.6. The number of fused-ring (bicyclic) bond motifs is 1. The van der Waals surface area contributed by atoms with E-state index in [1.807, 2.05) is 6.92 Å². The number of benzene rings is 1. The quantitative estimate of drug-likeness (QED) is 0.738. The van der Waals surface area contributed by atoms with Crippen LogP contribution in [0.2, 0.25) is 0 Å². The minimum Gasteiger partial charge on any atom is -0.381 e. The molecule has 0 spiro atoms. The van der Waals surface area contributed by atoms with Crippen molar-refractivity contribution in [1.82, 2.24) is 9.29 Å². The molecule has 1 N–H and O–H groups in total. The second-order valence-corrected chi connectivity index (χ2v) is 12.0. The fourth-order valence-electron chi connectivity index (χ4n) is 4.39. The third kappa shape index (κ3) is 4.70. The monoisotopic (exact) mass is 418 g/mol. The van der Waals surface area contributed by atoms with E-state index >= 15 is 0 Å². The van der Waals surface area contributed by atoms with Crippen molar-refractivity contribution >= 4 is 20.9 Å². The smallest absolute Gasteiger partial charge is 0.215 e. The molecule has 1 aliphatic carbocycles. The standard InChI is InChI=1S/C23H34N2O3S/c1-16(24-29(26,27)19-6-7-19)21-14-25(15-23(2,3)4)22-13-18(5-8-20(21)22)17-9-11-28-12-10-17/h5,8,13-14,16-17,19,24H,6-7,9-12,15H2,1-4H3/t16-/m1/s1. The minimum atomic E-state index is -3.23. The van der Waals surface area contributed by atoms with Gasteiger partial charge in [-0.25, -0.2) is 13.1 Å². The van der Waals surface area contributed by atoms with Gasteiger partial charge in [0, 0.05) is 42.9 Å². The van der Waals surface area contributed by atoms with Gasteiger partial charge < -0.3 is 9.30 Å². The summed E-state index contributed by atoms with van der Waals surface area (Å²) in [5.41, 5.74) is 3.77. The molecule has 2 fully saturated rings. The van der Waals surface area contributed by atoms with Crippen LogP contribution in [0.5, 0.6) is 0 Å². The Morgan fingerprint density at radius 3 is 2.48 bits per heavy atom. The molecular weight excluding hydrogens is 384 g/mol. The Morgan fingerprint density at radius 1 is 1.17 bits per heavy atom. The molecule has 2 aromatic rings. The van der Waals surface area contributed by atoms with E-state index in [0.29, 0.717) is 5.92 Å². The van der Waals surface area contributed by atoms with Crippen LogP contribution in [-0.2, 0) is 21.3 Å². The largest absolute Gasteiger partial charge is 0.381 e. The molecule has 0 unspecified atom stereocenters. The number of ether oxygens (including phenoxy) is 1. The molecule has 1 saturated heterocycles. The summed E-state index contributed by atoms with van der Waals surface area (Å²) in [6, 6.07) is 6.50. The summed E-state index contributed by atoms with van der Waals surface area (Å²) in [6.07, 6.45) is 5.85. The predicted molar refractivity (Wildman–Crippen MR) is 118 cm³/mol. The van der Waals surface area contributed by atoms with Crippen molar-refractivity contribution in [3.8, 4) is 0 Å². The topological polar surface area (TPSA) is 60.3 Å². The van der Waals surface area contributed by atoms with Crippen molar-refractivity contribution in [2.45, 2.75) is 77.1 Å². The fraction of sp³-hybridized carbons (Fsp3) is 0.652. The summed E-state index contributed by atoms with van der Waals surface area (Å²) >= 11 is 0. The number of sulfonamides is 1. The first kappa shape index (κ1) is 20.9. The van der Waals surface area contributed by atoms with Crippen molar-refractivity contribution in [2.75, 3.05) is 13.2 Å². The fourth-order valence-corrected chi connectivity index (χ4v) is 5.96. The molecule has 5 nitrogen and oxygen atoms in total. The maximum absolute atomic E-state index is 12.5. The highest BCUT2D eigenvalue weighted by atomic mass is 32.2. The third-order valence-corrected chi connectivity index (χ3v) is 8.08. The molecule has 160 valence electrons. The van der Waals surface area contributed by atoms with Gasteiger partial charge >= 0.3 is 0 Å². The lowest BCUT2D eigenvalue weighted by molar-refractivity contribution is 0.0853. The highest BCUT2D eigenvalue weighted by molar-refractivity contribution is 7.90. The van der Waals surface area contributed by atoms with E-state index in [1.54, 1.807) is 0 Å². The van der Waals surface area contributed by atoms with E-state index in [1.165, 1.54) is 11.1 Å². The summed E-state index contributed by atoms with van der Waals surface area (Å²) in [5, 5.41) is 0.948. The van der Waals surface area contributed by atoms with E-state index < -0.39 is 10.0 Å². The lowest BCUT2D eigenvalue weighted by atomic mass is 9.90. The zero-order valence-corrected chi connectivity index (χ0v) is 18.9. The number of hydrogen-bond acceptors (Lipinski definition) is 3. The second-order valence-electron chi connectivity index (χ2n) is 10.0. The lowest BCUT2D eigenvalue weighted by Gasteiger charge is -2.23. The van der Waals surface area contributed by atoms with Crippen LogP contribution in [0.4, 0.5) is 0 Å². The molecule has 6 heteroatoms. The number of nitrogens with zero attached hydrogens (tertiary/aromatic N) is 1. The average Bonchev–Trinajstić information content (AvgIpc) is 3.45. The Hall–Kier alpha value is -1.37. The molecule has 1 aromatic carbocycles. The Balaban J connectivity index is 1.72. The zero-order chi connectivity index (χ0) is 20.8. The number of rotatable bonds is 6.